The quantitative estimate of drug-likeness (QED) is 0.664. The van der Waals surface area contributed by atoms with Gasteiger partial charge in [0.15, 0.2) is 0 Å². The van der Waals surface area contributed by atoms with Crippen molar-refractivity contribution in [3.63, 3.8) is 0 Å². The number of imide groups is 1. The summed E-state index contributed by atoms with van der Waals surface area (Å²) in [5, 5.41) is 6.10. The van der Waals surface area contributed by atoms with Crippen molar-refractivity contribution in [2.75, 3.05) is 0 Å². The Morgan fingerprint density at radius 1 is 1.15 bits per heavy atom. The SMILES string of the molecule is C=C1c2ccc(O[C@H]3CCCC[C@H]3NCc3ccccn3)cc2CN1C1CCC(=O)NC1=O. The molecule has 3 heterocycles. The van der Waals surface area contributed by atoms with E-state index in [1.807, 2.05) is 41.4 Å². The number of rotatable bonds is 6. The van der Waals surface area contributed by atoms with Gasteiger partial charge in [0.05, 0.1) is 5.69 Å². The van der Waals surface area contributed by atoms with E-state index in [1.54, 1.807) is 0 Å². The van der Waals surface area contributed by atoms with Crippen LogP contribution in [0.3, 0.4) is 0 Å². The Labute approximate surface area is 194 Å². The third kappa shape index (κ3) is 4.64. The average molecular weight is 447 g/mol. The standard InChI is InChI=1S/C26H30N4O3/c1-17-21-10-9-20(14-18(21)16-30(17)23-11-12-25(31)29-26(23)32)33-24-8-3-2-7-22(24)28-15-19-6-4-5-13-27-19/h4-6,9-10,13-14,22-24,28H,1-3,7-8,11-12,15-16H2,(H,29,31,32)/t22-,23?,24+/m1/s1. The van der Waals surface area contributed by atoms with E-state index >= 15 is 0 Å². The van der Waals surface area contributed by atoms with Crippen LogP contribution in [0.5, 0.6) is 5.75 Å². The van der Waals surface area contributed by atoms with Gasteiger partial charge in [0.2, 0.25) is 11.8 Å². The number of aromatic nitrogens is 1. The number of nitrogens with one attached hydrogen (secondary N) is 2. The second-order valence-corrected chi connectivity index (χ2v) is 9.11. The van der Waals surface area contributed by atoms with Crippen molar-refractivity contribution < 1.29 is 14.3 Å². The van der Waals surface area contributed by atoms with Crippen molar-refractivity contribution in [1.29, 1.82) is 0 Å². The molecule has 2 N–H and O–H groups in total. The lowest BCUT2D eigenvalue weighted by Gasteiger charge is -2.32. The number of carbonyl (C=O) groups is 2. The second-order valence-electron chi connectivity index (χ2n) is 9.11. The fourth-order valence-electron chi connectivity index (χ4n) is 5.15. The molecule has 33 heavy (non-hydrogen) atoms. The number of hydrogen-bond acceptors (Lipinski definition) is 6. The van der Waals surface area contributed by atoms with Gasteiger partial charge in [-0.2, -0.15) is 0 Å². The average Bonchev–Trinajstić information content (AvgIpc) is 3.14. The molecule has 3 atom stereocenters. The summed E-state index contributed by atoms with van der Waals surface area (Å²) in [6.07, 6.45) is 7.28. The zero-order chi connectivity index (χ0) is 22.8. The molecule has 0 radical (unpaired) electrons. The first kappa shape index (κ1) is 21.6. The minimum absolute atomic E-state index is 0.108. The number of piperidine rings is 1. The molecular weight excluding hydrogens is 416 g/mol. The molecule has 2 amide bonds. The molecule has 2 fully saturated rings. The van der Waals surface area contributed by atoms with Crippen molar-refractivity contribution >= 4 is 17.5 Å². The van der Waals surface area contributed by atoms with Crippen LogP contribution in [0.1, 0.15) is 55.3 Å². The summed E-state index contributed by atoms with van der Waals surface area (Å²) in [6.45, 7) is 5.55. The monoisotopic (exact) mass is 446 g/mol. The molecule has 2 aromatic rings. The van der Waals surface area contributed by atoms with Crippen LogP contribution in [-0.2, 0) is 22.7 Å². The van der Waals surface area contributed by atoms with Gasteiger partial charge in [-0.25, -0.2) is 0 Å². The molecule has 1 saturated heterocycles. The molecule has 5 rings (SSSR count). The van der Waals surface area contributed by atoms with Crippen LogP contribution in [0.2, 0.25) is 0 Å². The van der Waals surface area contributed by atoms with Crippen molar-refractivity contribution in [3.8, 4) is 5.75 Å². The molecule has 0 bridgehead atoms. The Bertz CT molecular complexity index is 1050. The van der Waals surface area contributed by atoms with Crippen molar-refractivity contribution in [2.45, 2.75) is 69.8 Å². The van der Waals surface area contributed by atoms with Gasteiger partial charge in [-0.3, -0.25) is 19.9 Å². The van der Waals surface area contributed by atoms with Gasteiger partial charge < -0.3 is 15.0 Å². The number of nitrogens with zero attached hydrogens (tertiary/aromatic N) is 2. The normalized spacial score (nSPS) is 25.0. The predicted octanol–water partition coefficient (Wildman–Crippen LogP) is 3.15. The minimum atomic E-state index is -0.356. The third-order valence-electron chi connectivity index (χ3n) is 6.92. The highest BCUT2D eigenvalue weighted by atomic mass is 16.5. The number of benzene rings is 1. The number of carbonyl (C=O) groups excluding carboxylic acids is 2. The molecule has 0 spiro atoms. The molecule has 1 aromatic heterocycles. The molecule has 172 valence electrons. The maximum atomic E-state index is 12.4. The maximum absolute atomic E-state index is 12.4. The van der Waals surface area contributed by atoms with Crippen molar-refractivity contribution in [2.24, 2.45) is 0 Å². The lowest BCUT2D eigenvalue weighted by atomic mass is 9.92. The first-order valence-corrected chi connectivity index (χ1v) is 11.8. The summed E-state index contributed by atoms with van der Waals surface area (Å²) < 4.78 is 6.48. The number of ether oxygens (including phenoxy) is 1. The molecule has 7 heteroatoms. The van der Waals surface area contributed by atoms with Crippen molar-refractivity contribution in [3.05, 3.63) is 66.0 Å². The summed E-state index contributed by atoms with van der Waals surface area (Å²) in [5.74, 6) is 0.414. The molecule has 2 aliphatic heterocycles. The zero-order valence-corrected chi connectivity index (χ0v) is 18.8. The molecule has 1 aromatic carbocycles. The number of amides is 2. The van der Waals surface area contributed by atoms with Crippen LogP contribution in [0.15, 0.2) is 49.2 Å². The first-order valence-electron chi connectivity index (χ1n) is 11.8. The number of hydrogen-bond donors (Lipinski definition) is 2. The molecule has 1 saturated carbocycles. The third-order valence-corrected chi connectivity index (χ3v) is 6.92. The Morgan fingerprint density at radius 2 is 2.03 bits per heavy atom. The van der Waals surface area contributed by atoms with Gasteiger partial charge in [-0.05, 0) is 61.6 Å². The Kier molecular flexibility index (Phi) is 6.13. The van der Waals surface area contributed by atoms with E-state index in [0.29, 0.717) is 19.4 Å². The van der Waals surface area contributed by atoms with Gasteiger partial charge in [0.25, 0.3) is 0 Å². The van der Waals surface area contributed by atoms with Crippen molar-refractivity contribution in [1.82, 2.24) is 20.5 Å². The van der Waals surface area contributed by atoms with Crippen LogP contribution in [0.25, 0.3) is 5.70 Å². The van der Waals surface area contributed by atoms with Crippen LogP contribution in [-0.4, -0.2) is 39.9 Å². The van der Waals surface area contributed by atoms with E-state index in [1.165, 1.54) is 6.42 Å². The highest BCUT2D eigenvalue weighted by Gasteiger charge is 2.36. The van der Waals surface area contributed by atoms with Crippen LogP contribution in [0.4, 0.5) is 0 Å². The summed E-state index contributed by atoms with van der Waals surface area (Å²) in [6, 6.07) is 12.0. The van der Waals surface area contributed by atoms with E-state index in [2.05, 4.69) is 28.3 Å². The van der Waals surface area contributed by atoms with E-state index in [9.17, 15) is 9.59 Å². The van der Waals surface area contributed by atoms with Gasteiger partial charge in [0, 0.05) is 43.0 Å². The van der Waals surface area contributed by atoms with E-state index in [0.717, 1.165) is 54.1 Å². The zero-order valence-electron chi connectivity index (χ0n) is 18.8. The molecule has 7 nitrogen and oxygen atoms in total. The summed E-state index contributed by atoms with van der Waals surface area (Å²) in [4.78, 5) is 30.3. The smallest absolute Gasteiger partial charge is 0.249 e. The molecular formula is C26H30N4O3. The minimum Gasteiger partial charge on any atom is -0.489 e. The fourth-order valence-corrected chi connectivity index (χ4v) is 5.15. The van der Waals surface area contributed by atoms with Gasteiger partial charge in [-0.1, -0.05) is 19.1 Å². The highest BCUT2D eigenvalue weighted by molar-refractivity contribution is 6.01. The van der Waals surface area contributed by atoms with Crippen LogP contribution in [0, 0.1) is 0 Å². The van der Waals surface area contributed by atoms with Crippen LogP contribution < -0.4 is 15.4 Å². The van der Waals surface area contributed by atoms with Gasteiger partial charge >= 0.3 is 0 Å². The molecule has 1 aliphatic carbocycles. The van der Waals surface area contributed by atoms with E-state index in [4.69, 9.17) is 4.74 Å². The van der Waals surface area contributed by atoms with E-state index < -0.39 is 0 Å². The Morgan fingerprint density at radius 3 is 2.85 bits per heavy atom. The molecule has 1 unspecified atom stereocenters. The number of pyridine rings is 1. The van der Waals surface area contributed by atoms with Crippen LogP contribution >= 0.6 is 0 Å². The van der Waals surface area contributed by atoms with Gasteiger partial charge in [-0.15, -0.1) is 0 Å². The second kappa shape index (κ2) is 9.35. The highest BCUT2D eigenvalue weighted by Crippen LogP contribution is 2.37. The maximum Gasteiger partial charge on any atom is 0.249 e. The first-order chi connectivity index (χ1) is 16.1. The topological polar surface area (TPSA) is 83.6 Å². The lowest BCUT2D eigenvalue weighted by molar-refractivity contribution is -0.136. The van der Waals surface area contributed by atoms with Gasteiger partial charge in [0.1, 0.15) is 17.9 Å². The summed E-state index contributed by atoms with van der Waals surface area (Å²) >= 11 is 0. The fraction of sp³-hybridized carbons (Fsp3) is 0.423. The Balaban J connectivity index is 1.25. The lowest BCUT2D eigenvalue weighted by Crippen LogP contribution is -2.50. The summed E-state index contributed by atoms with van der Waals surface area (Å²) in [7, 11) is 0. The van der Waals surface area contributed by atoms with E-state index in [-0.39, 0.29) is 30.0 Å². The number of fused-ring (bicyclic) bond motifs is 1. The molecule has 3 aliphatic rings. The Hall–Kier alpha value is -3.19. The summed E-state index contributed by atoms with van der Waals surface area (Å²) in [5.41, 5.74) is 4.02. The predicted molar refractivity (Wildman–Crippen MR) is 125 cm³/mol. The largest absolute Gasteiger partial charge is 0.489 e.